The number of allylic oxidation sites excluding steroid dienone is 2. The third kappa shape index (κ3) is 1.55. The Kier molecular flexibility index (Phi) is 2.66. The normalized spacial score (nSPS) is 37.4. The number of carbonyl (C=O) groups excluding carboxylic acids is 3. The molecule has 0 aromatic rings. The molecule has 0 spiro atoms. The van der Waals surface area contributed by atoms with Gasteiger partial charge in [-0.25, -0.2) is 0 Å². The molecule has 0 radical (unpaired) electrons. The first-order valence-electron chi connectivity index (χ1n) is 6.99. The quantitative estimate of drug-likeness (QED) is 0.570. The van der Waals surface area contributed by atoms with Crippen molar-refractivity contribution in [3.63, 3.8) is 0 Å². The topological polar surface area (TPSA) is 54.5 Å². The number of amides is 2. The molecule has 1 saturated carbocycles. The Morgan fingerprint density at radius 1 is 1.16 bits per heavy atom. The van der Waals surface area contributed by atoms with Gasteiger partial charge in [-0.05, 0) is 31.1 Å². The summed E-state index contributed by atoms with van der Waals surface area (Å²) in [5, 5.41) is 0. The number of hydrogen-bond acceptors (Lipinski definition) is 3. The molecule has 5 atom stereocenters. The van der Waals surface area contributed by atoms with E-state index in [1.54, 1.807) is 0 Å². The molecule has 4 nitrogen and oxygen atoms in total. The Morgan fingerprint density at radius 3 is 2.00 bits per heavy atom. The molecule has 0 aromatic heterocycles. The van der Waals surface area contributed by atoms with E-state index in [0.29, 0.717) is 0 Å². The first-order chi connectivity index (χ1) is 8.93. The fourth-order valence-electron chi connectivity index (χ4n) is 4.15. The zero-order valence-electron chi connectivity index (χ0n) is 11.5. The lowest BCUT2D eigenvalue weighted by Gasteiger charge is -2.28. The molecule has 2 bridgehead atoms. The summed E-state index contributed by atoms with van der Waals surface area (Å²) >= 11 is 0. The van der Waals surface area contributed by atoms with Gasteiger partial charge >= 0.3 is 0 Å². The number of imide groups is 1. The second-order valence-corrected chi connectivity index (χ2v) is 6.35. The van der Waals surface area contributed by atoms with Gasteiger partial charge < -0.3 is 0 Å². The molecule has 1 heterocycles. The van der Waals surface area contributed by atoms with Gasteiger partial charge in [-0.1, -0.05) is 26.0 Å². The zero-order valence-corrected chi connectivity index (χ0v) is 11.5. The molecule has 1 aliphatic heterocycles. The summed E-state index contributed by atoms with van der Waals surface area (Å²) in [6, 6.07) is -0.593. The minimum atomic E-state index is -0.593. The van der Waals surface area contributed by atoms with Crippen LogP contribution in [0.1, 0.15) is 27.2 Å². The molecule has 2 fully saturated rings. The van der Waals surface area contributed by atoms with E-state index in [-0.39, 0.29) is 47.2 Å². The van der Waals surface area contributed by atoms with Crippen molar-refractivity contribution in [1.82, 2.24) is 4.90 Å². The van der Waals surface area contributed by atoms with Crippen LogP contribution in [0.4, 0.5) is 0 Å². The van der Waals surface area contributed by atoms with E-state index in [0.717, 1.165) is 6.42 Å². The first kappa shape index (κ1) is 12.6. The van der Waals surface area contributed by atoms with E-state index >= 15 is 0 Å². The van der Waals surface area contributed by atoms with Crippen molar-refractivity contribution in [1.29, 1.82) is 0 Å². The predicted molar refractivity (Wildman–Crippen MR) is 68.9 cm³/mol. The SMILES string of the molecule is CC(=O)C(C(C)C)N1C(=O)C2C3C=CC(C3)C2C1=O. The minimum Gasteiger partial charge on any atom is -0.298 e. The third-order valence-corrected chi connectivity index (χ3v) is 4.83. The highest BCUT2D eigenvalue weighted by molar-refractivity contribution is 6.09. The average Bonchev–Trinajstić information content (AvgIpc) is 2.97. The van der Waals surface area contributed by atoms with Crippen LogP contribution in [0.2, 0.25) is 0 Å². The van der Waals surface area contributed by atoms with Gasteiger partial charge in [0.1, 0.15) is 0 Å². The molecule has 1 saturated heterocycles. The fraction of sp³-hybridized carbons (Fsp3) is 0.667. The Hall–Kier alpha value is -1.45. The number of carbonyl (C=O) groups is 3. The van der Waals surface area contributed by atoms with Gasteiger partial charge in [-0.3, -0.25) is 19.3 Å². The minimum absolute atomic E-state index is 0.0326. The van der Waals surface area contributed by atoms with Crippen molar-refractivity contribution >= 4 is 17.6 Å². The molecule has 2 amide bonds. The molecule has 5 unspecified atom stereocenters. The predicted octanol–water partition coefficient (Wildman–Crippen LogP) is 1.41. The molecular formula is C15H19NO3. The van der Waals surface area contributed by atoms with Crippen LogP contribution in [0, 0.1) is 29.6 Å². The highest BCUT2D eigenvalue weighted by Gasteiger charge is 2.60. The Bertz CT molecular complexity index is 464. The average molecular weight is 261 g/mol. The van der Waals surface area contributed by atoms with Crippen molar-refractivity contribution in [2.45, 2.75) is 33.2 Å². The number of nitrogens with zero attached hydrogens (tertiary/aromatic N) is 1. The molecular weight excluding hydrogens is 242 g/mol. The second kappa shape index (κ2) is 4.02. The fourth-order valence-corrected chi connectivity index (χ4v) is 4.15. The van der Waals surface area contributed by atoms with E-state index < -0.39 is 6.04 Å². The third-order valence-electron chi connectivity index (χ3n) is 4.83. The standard InChI is InChI=1S/C15H19NO3/c1-7(2)13(8(3)17)16-14(18)11-9-4-5-10(6-9)12(11)15(16)19/h4-5,7,9-13H,6H2,1-3H3. The molecule has 3 aliphatic rings. The summed E-state index contributed by atoms with van der Waals surface area (Å²) in [6.07, 6.45) is 5.06. The highest BCUT2D eigenvalue weighted by Crippen LogP contribution is 2.53. The zero-order chi connectivity index (χ0) is 13.9. The number of Topliss-reactive ketones (excluding diaryl/α,β-unsaturated/α-hetero) is 1. The van der Waals surface area contributed by atoms with Crippen molar-refractivity contribution < 1.29 is 14.4 Å². The maximum atomic E-state index is 12.6. The van der Waals surface area contributed by atoms with Crippen LogP contribution in [0.5, 0.6) is 0 Å². The molecule has 0 N–H and O–H groups in total. The Balaban J connectivity index is 1.96. The van der Waals surface area contributed by atoms with Gasteiger partial charge in [-0.15, -0.1) is 0 Å². The van der Waals surface area contributed by atoms with Crippen LogP contribution in [0.15, 0.2) is 12.2 Å². The Morgan fingerprint density at radius 2 is 1.63 bits per heavy atom. The molecule has 2 aliphatic carbocycles. The van der Waals surface area contributed by atoms with Crippen molar-refractivity contribution in [2.75, 3.05) is 0 Å². The lowest BCUT2D eigenvalue weighted by Crippen LogP contribution is -2.48. The van der Waals surface area contributed by atoms with Crippen molar-refractivity contribution in [3.8, 4) is 0 Å². The first-order valence-corrected chi connectivity index (χ1v) is 6.99. The lowest BCUT2D eigenvalue weighted by atomic mass is 9.85. The number of ketones is 1. The molecule has 102 valence electrons. The van der Waals surface area contributed by atoms with E-state index in [4.69, 9.17) is 0 Å². The summed E-state index contributed by atoms with van der Waals surface area (Å²) in [7, 11) is 0. The maximum absolute atomic E-state index is 12.6. The summed E-state index contributed by atoms with van der Waals surface area (Å²) in [4.78, 5) is 38.2. The van der Waals surface area contributed by atoms with Gasteiger partial charge in [0.25, 0.3) is 0 Å². The monoisotopic (exact) mass is 261 g/mol. The molecule has 3 rings (SSSR count). The van der Waals surface area contributed by atoms with E-state index in [1.165, 1.54) is 11.8 Å². The van der Waals surface area contributed by atoms with Crippen LogP contribution in [-0.2, 0) is 14.4 Å². The van der Waals surface area contributed by atoms with E-state index in [1.807, 2.05) is 13.8 Å². The summed E-state index contributed by atoms with van der Waals surface area (Å²) in [6.45, 7) is 5.23. The second-order valence-electron chi connectivity index (χ2n) is 6.35. The Labute approximate surface area is 112 Å². The van der Waals surface area contributed by atoms with Gasteiger partial charge in [-0.2, -0.15) is 0 Å². The van der Waals surface area contributed by atoms with Gasteiger partial charge in [0, 0.05) is 0 Å². The van der Waals surface area contributed by atoms with E-state index in [9.17, 15) is 14.4 Å². The van der Waals surface area contributed by atoms with Crippen LogP contribution in [-0.4, -0.2) is 28.5 Å². The van der Waals surface area contributed by atoms with Gasteiger partial charge in [0.15, 0.2) is 5.78 Å². The molecule has 19 heavy (non-hydrogen) atoms. The van der Waals surface area contributed by atoms with Gasteiger partial charge in [0.2, 0.25) is 11.8 Å². The number of likely N-dealkylation sites (tertiary alicyclic amines) is 1. The maximum Gasteiger partial charge on any atom is 0.234 e. The smallest absolute Gasteiger partial charge is 0.234 e. The summed E-state index contributed by atoms with van der Waals surface area (Å²) < 4.78 is 0. The van der Waals surface area contributed by atoms with Crippen LogP contribution in [0.3, 0.4) is 0 Å². The number of rotatable bonds is 3. The van der Waals surface area contributed by atoms with Crippen LogP contribution < -0.4 is 0 Å². The molecule has 0 aromatic carbocycles. The molecule has 4 heteroatoms. The number of fused-ring (bicyclic) bond motifs is 5. The summed E-state index contributed by atoms with van der Waals surface area (Å²) in [5.74, 6) is -0.382. The van der Waals surface area contributed by atoms with Crippen LogP contribution >= 0.6 is 0 Å². The van der Waals surface area contributed by atoms with Gasteiger partial charge in [0.05, 0.1) is 17.9 Å². The van der Waals surface area contributed by atoms with Crippen LogP contribution in [0.25, 0.3) is 0 Å². The van der Waals surface area contributed by atoms with Crippen molar-refractivity contribution in [3.05, 3.63) is 12.2 Å². The van der Waals surface area contributed by atoms with Crippen molar-refractivity contribution in [2.24, 2.45) is 29.6 Å². The summed E-state index contributed by atoms with van der Waals surface area (Å²) in [5.41, 5.74) is 0. The highest BCUT2D eigenvalue weighted by atomic mass is 16.2. The largest absolute Gasteiger partial charge is 0.298 e. The number of hydrogen-bond donors (Lipinski definition) is 0. The lowest BCUT2D eigenvalue weighted by molar-refractivity contribution is -0.149. The van der Waals surface area contributed by atoms with E-state index in [2.05, 4.69) is 12.2 Å².